The first-order chi connectivity index (χ1) is 9.41. The first-order valence-electron chi connectivity index (χ1n) is 5.75. The summed E-state index contributed by atoms with van der Waals surface area (Å²) in [5, 5.41) is 5.05. The van der Waals surface area contributed by atoms with Gasteiger partial charge in [0.05, 0.1) is 23.5 Å². The van der Waals surface area contributed by atoms with Crippen LogP contribution >= 0.6 is 0 Å². The minimum atomic E-state index is -1.10. The predicted octanol–water partition coefficient (Wildman–Crippen LogP) is 1.84. The normalized spacial score (nSPS) is 14.7. The average Bonchev–Trinajstić information content (AvgIpc) is 2.39. The van der Waals surface area contributed by atoms with Crippen LogP contribution in [-0.4, -0.2) is 12.5 Å². The van der Waals surface area contributed by atoms with Crippen molar-refractivity contribution in [3.63, 3.8) is 0 Å². The Morgan fingerprint density at radius 3 is 2.65 bits per heavy atom. The molecule has 1 aromatic carbocycles. The Kier molecular flexibility index (Phi) is 3.69. The molecule has 4 nitrogen and oxygen atoms in total. The van der Waals surface area contributed by atoms with Gasteiger partial charge in [0.15, 0.2) is 17.5 Å². The number of nitrogens with one attached hydrogen (secondary N) is 2. The standard InChI is InChI=1S/C13H12F3N3O/c1-6-2-3-8(12(16)11(6)15)19-9-5-18-4-7(14)10(9)13(17)20/h2-4,18-19H,5H2,1H3,(H2,17,20). The van der Waals surface area contributed by atoms with Crippen LogP contribution in [0.5, 0.6) is 0 Å². The summed E-state index contributed by atoms with van der Waals surface area (Å²) < 4.78 is 40.7. The molecule has 0 radical (unpaired) electrons. The van der Waals surface area contributed by atoms with Gasteiger partial charge < -0.3 is 16.4 Å². The summed E-state index contributed by atoms with van der Waals surface area (Å²) in [4.78, 5) is 11.2. The van der Waals surface area contributed by atoms with Gasteiger partial charge in [-0.3, -0.25) is 4.79 Å². The fourth-order valence-corrected chi connectivity index (χ4v) is 1.83. The lowest BCUT2D eigenvalue weighted by molar-refractivity contribution is -0.114. The van der Waals surface area contributed by atoms with Gasteiger partial charge in [-0.15, -0.1) is 0 Å². The Morgan fingerprint density at radius 1 is 1.30 bits per heavy atom. The number of benzene rings is 1. The highest BCUT2D eigenvalue weighted by atomic mass is 19.2. The van der Waals surface area contributed by atoms with Crippen molar-refractivity contribution in [2.75, 3.05) is 11.9 Å². The summed E-state index contributed by atoms with van der Waals surface area (Å²) in [5.74, 6) is -3.96. The Bertz CT molecular complexity index is 638. The van der Waals surface area contributed by atoms with Gasteiger partial charge in [-0.25, -0.2) is 13.2 Å². The van der Waals surface area contributed by atoms with Crippen LogP contribution in [0.3, 0.4) is 0 Å². The number of hydrogen-bond donors (Lipinski definition) is 3. The monoisotopic (exact) mass is 283 g/mol. The van der Waals surface area contributed by atoms with Crippen molar-refractivity contribution >= 4 is 11.6 Å². The maximum absolute atomic E-state index is 13.7. The molecule has 4 N–H and O–H groups in total. The number of primary amides is 1. The van der Waals surface area contributed by atoms with E-state index in [-0.39, 0.29) is 29.1 Å². The van der Waals surface area contributed by atoms with Crippen LogP contribution < -0.4 is 16.4 Å². The molecule has 1 aromatic rings. The van der Waals surface area contributed by atoms with Gasteiger partial charge >= 0.3 is 0 Å². The molecule has 0 bridgehead atoms. The van der Waals surface area contributed by atoms with Crippen LogP contribution in [0.4, 0.5) is 18.9 Å². The molecule has 1 heterocycles. The van der Waals surface area contributed by atoms with E-state index in [2.05, 4.69) is 10.6 Å². The van der Waals surface area contributed by atoms with Crippen molar-refractivity contribution in [1.29, 1.82) is 0 Å². The zero-order chi connectivity index (χ0) is 14.9. The molecule has 20 heavy (non-hydrogen) atoms. The Morgan fingerprint density at radius 2 is 2.00 bits per heavy atom. The third kappa shape index (κ3) is 2.47. The van der Waals surface area contributed by atoms with Gasteiger partial charge in [0, 0.05) is 6.20 Å². The molecule has 0 atom stereocenters. The Hall–Kier alpha value is -2.44. The third-order valence-corrected chi connectivity index (χ3v) is 2.86. The lowest BCUT2D eigenvalue weighted by atomic mass is 10.1. The van der Waals surface area contributed by atoms with E-state index in [1.807, 2.05) is 0 Å². The zero-order valence-corrected chi connectivity index (χ0v) is 10.6. The molecule has 106 valence electrons. The van der Waals surface area contributed by atoms with E-state index in [0.717, 1.165) is 6.20 Å². The molecule has 1 amide bonds. The largest absolute Gasteiger partial charge is 0.383 e. The number of halogens is 3. The highest BCUT2D eigenvalue weighted by molar-refractivity contribution is 5.97. The van der Waals surface area contributed by atoms with Gasteiger partial charge in [-0.2, -0.15) is 0 Å². The van der Waals surface area contributed by atoms with Gasteiger partial charge in [-0.05, 0) is 18.6 Å². The van der Waals surface area contributed by atoms with Crippen LogP contribution in [0.25, 0.3) is 0 Å². The van der Waals surface area contributed by atoms with Gasteiger partial charge in [-0.1, -0.05) is 6.07 Å². The van der Waals surface area contributed by atoms with Crippen molar-refractivity contribution < 1.29 is 18.0 Å². The molecule has 7 heteroatoms. The lowest BCUT2D eigenvalue weighted by Crippen LogP contribution is -2.28. The van der Waals surface area contributed by atoms with Crippen LogP contribution in [-0.2, 0) is 4.79 Å². The minimum Gasteiger partial charge on any atom is -0.383 e. The fraction of sp³-hybridized carbons (Fsp3) is 0.154. The number of nitrogens with two attached hydrogens (primary N) is 1. The highest BCUT2D eigenvalue weighted by Gasteiger charge is 2.22. The first-order valence-corrected chi connectivity index (χ1v) is 5.75. The molecular weight excluding hydrogens is 271 g/mol. The summed E-state index contributed by atoms with van der Waals surface area (Å²) in [5.41, 5.74) is 4.68. The molecular formula is C13H12F3N3O. The summed E-state index contributed by atoms with van der Waals surface area (Å²) in [6, 6.07) is 2.67. The molecule has 1 aliphatic rings. The summed E-state index contributed by atoms with van der Waals surface area (Å²) in [6.45, 7) is 1.46. The summed E-state index contributed by atoms with van der Waals surface area (Å²) in [6.07, 6.45) is 0.983. The smallest absolute Gasteiger partial charge is 0.253 e. The molecule has 2 rings (SSSR count). The second kappa shape index (κ2) is 5.28. The molecule has 0 saturated carbocycles. The first kappa shape index (κ1) is 14.0. The number of rotatable bonds is 3. The molecule has 0 saturated heterocycles. The van der Waals surface area contributed by atoms with Gasteiger partial charge in [0.1, 0.15) is 0 Å². The minimum absolute atomic E-state index is 0.0413. The molecule has 0 aliphatic carbocycles. The van der Waals surface area contributed by atoms with Crippen LogP contribution in [0.15, 0.2) is 35.4 Å². The SMILES string of the molecule is Cc1ccc(NC2=C(C(N)=O)C(F)=CNC2)c(F)c1F. The summed E-state index contributed by atoms with van der Waals surface area (Å²) in [7, 11) is 0. The highest BCUT2D eigenvalue weighted by Crippen LogP contribution is 2.25. The Balaban J connectivity index is 2.43. The maximum atomic E-state index is 13.7. The fourth-order valence-electron chi connectivity index (χ4n) is 1.83. The number of carbonyl (C=O) groups is 1. The van der Waals surface area contributed by atoms with Crippen molar-refractivity contribution in [1.82, 2.24) is 5.32 Å². The Labute approximate surface area is 113 Å². The van der Waals surface area contributed by atoms with E-state index >= 15 is 0 Å². The number of hydrogen-bond acceptors (Lipinski definition) is 3. The van der Waals surface area contributed by atoms with E-state index < -0.39 is 23.4 Å². The van der Waals surface area contributed by atoms with Crippen LogP contribution in [0, 0.1) is 18.6 Å². The maximum Gasteiger partial charge on any atom is 0.253 e. The quantitative estimate of drug-likeness (QED) is 0.793. The van der Waals surface area contributed by atoms with E-state index in [9.17, 15) is 18.0 Å². The van der Waals surface area contributed by atoms with E-state index in [4.69, 9.17) is 5.73 Å². The predicted molar refractivity (Wildman–Crippen MR) is 68.1 cm³/mol. The molecule has 0 aromatic heterocycles. The second-order valence-corrected chi connectivity index (χ2v) is 4.27. The number of carbonyl (C=O) groups excluding carboxylic acids is 1. The molecule has 1 aliphatic heterocycles. The molecule has 0 fully saturated rings. The zero-order valence-electron chi connectivity index (χ0n) is 10.6. The number of amides is 1. The average molecular weight is 283 g/mol. The summed E-state index contributed by atoms with van der Waals surface area (Å²) >= 11 is 0. The second-order valence-electron chi connectivity index (χ2n) is 4.27. The van der Waals surface area contributed by atoms with Gasteiger partial charge in [0.25, 0.3) is 5.91 Å². The van der Waals surface area contributed by atoms with E-state index in [1.54, 1.807) is 0 Å². The lowest BCUT2D eigenvalue weighted by Gasteiger charge is -2.19. The van der Waals surface area contributed by atoms with Crippen molar-refractivity contribution in [2.45, 2.75) is 6.92 Å². The van der Waals surface area contributed by atoms with Crippen LogP contribution in [0.1, 0.15) is 5.56 Å². The molecule has 0 unspecified atom stereocenters. The van der Waals surface area contributed by atoms with E-state index in [1.165, 1.54) is 19.1 Å². The van der Waals surface area contributed by atoms with Crippen LogP contribution in [0.2, 0.25) is 0 Å². The van der Waals surface area contributed by atoms with Crippen molar-refractivity contribution in [3.8, 4) is 0 Å². The van der Waals surface area contributed by atoms with E-state index in [0.29, 0.717) is 0 Å². The molecule has 0 spiro atoms. The van der Waals surface area contributed by atoms with Crippen molar-refractivity contribution in [3.05, 3.63) is 52.6 Å². The topological polar surface area (TPSA) is 67.1 Å². The van der Waals surface area contributed by atoms with Gasteiger partial charge in [0.2, 0.25) is 0 Å². The number of aryl methyl sites for hydroxylation is 1. The number of anilines is 1. The third-order valence-electron chi connectivity index (χ3n) is 2.86. The van der Waals surface area contributed by atoms with Crippen molar-refractivity contribution in [2.24, 2.45) is 5.73 Å². The number of dihydropyridines is 1.